The molecule has 7 aromatic rings. The first-order valence-corrected chi connectivity index (χ1v) is 32.3. The summed E-state index contributed by atoms with van der Waals surface area (Å²) in [7, 11) is 0. The van der Waals surface area contributed by atoms with Gasteiger partial charge in [0.1, 0.15) is 33.8 Å². The van der Waals surface area contributed by atoms with Crippen molar-refractivity contribution in [3.05, 3.63) is 172 Å². The number of ether oxygens (including phenoxy) is 1. The van der Waals surface area contributed by atoms with E-state index in [9.17, 15) is 24.3 Å². The van der Waals surface area contributed by atoms with Crippen LogP contribution in [-0.2, 0) is 37.0 Å². The number of hydrogen-bond acceptors (Lipinski definition) is 14. The van der Waals surface area contributed by atoms with Gasteiger partial charge in [0.2, 0.25) is 5.91 Å². The highest BCUT2D eigenvalue weighted by atomic mass is 35.5. The lowest BCUT2D eigenvalue weighted by Gasteiger charge is -2.36. The minimum absolute atomic E-state index is 0.0591. The zero-order valence-corrected chi connectivity index (χ0v) is 52.7. The number of carboxylic acids is 1. The number of amides is 3. The van der Waals surface area contributed by atoms with E-state index in [-0.39, 0.29) is 42.9 Å². The summed E-state index contributed by atoms with van der Waals surface area (Å²) < 4.78 is 7.26. The molecule has 3 amide bonds. The predicted molar refractivity (Wildman–Crippen MR) is 347 cm³/mol. The zero-order chi connectivity index (χ0) is 61.3. The monoisotopic (exact) mass is 1220 g/mol. The maximum Gasteiger partial charge on any atom is 0.336 e. The Morgan fingerprint density at radius 3 is 2.38 bits per heavy atom. The molecule has 0 radical (unpaired) electrons. The number of benzene rings is 5. The highest BCUT2D eigenvalue weighted by Gasteiger charge is 2.35. The number of piperazine rings is 1. The number of nitrogens with zero attached hydrogens (tertiary/aromatic N) is 8. The van der Waals surface area contributed by atoms with Gasteiger partial charge in [0.25, 0.3) is 11.8 Å². The SMILES string of the molecule is CCCCc1cc2c(c3c1=NCCC3)Oc1c(cc3c4c1CCCN4CCCC3)C=2c1cc(C(=O)NCCN(Cc2cc(C)c(C)c(C)c2)C(=O)CN2CCN(c3cc(Nc4ncc(C(=O)Nc5c(C)cccc5Cl)s4)nc(C)n3)CC2)ccc1C(=O)O. The molecule has 5 aliphatic rings. The summed E-state index contributed by atoms with van der Waals surface area (Å²) in [6.45, 7) is 18.3. The molecule has 2 aromatic heterocycles. The Hall–Kier alpha value is -8.19. The maximum absolute atomic E-state index is 14.7. The van der Waals surface area contributed by atoms with Gasteiger partial charge in [-0.05, 0) is 173 Å². The number of rotatable bonds is 18. The van der Waals surface area contributed by atoms with Crippen LogP contribution in [0, 0.1) is 34.6 Å². The van der Waals surface area contributed by atoms with Crippen molar-refractivity contribution in [2.24, 2.45) is 4.99 Å². The second-order valence-corrected chi connectivity index (χ2v) is 25.5. The van der Waals surface area contributed by atoms with Gasteiger partial charge in [-0.1, -0.05) is 60.5 Å². The fourth-order valence-electron chi connectivity index (χ4n) is 13.3. The van der Waals surface area contributed by atoms with Crippen LogP contribution in [0.25, 0.3) is 5.57 Å². The van der Waals surface area contributed by atoms with Crippen LogP contribution in [0.5, 0.6) is 11.5 Å². The largest absolute Gasteiger partial charge is 0.478 e. The van der Waals surface area contributed by atoms with Crippen LogP contribution in [0.3, 0.4) is 0 Å². The molecule has 1 saturated heterocycles. The lowest BCUT2D eigenvalue weighted by atomic mass is 9.82. The average molecular weight is 1220 g/mol. The van der Waals surface area contributed by atoms with E-state index in [2.05, 4.69) is 92.6 Å². The van der Waals surface area contributed by atoms with Gasteiger partial charge in [0, 0.05) is 110 Å². The second kappa shape index (κ2) is 25.9. The normalized spacial score (nSPS) is 15.2. The fourth-order valence-corrected chi connectivity index (χ4v) is 14.3. The third-order valence-electron chi connectivity index (χ3n) is 18.0. The fraction of sp³-hybridized carbons (Fsp3) is 0.391. The Bertz CT molecular complexity index is 4020. The van der Waals surface area contributed by atoms with Crippen LogP contribution in [0.4, 0.5) is 28.1 Å². The van der Waals surface area contributed by atoms with Gasteiger partial charge >= 0.3 is 5.97 Å². The summed E-state index contributed by atoms with van der Waals surface area (Å²) in [5, 5.41) is 23.2. The van der Waals surface area contributed by atoms with Crippen molar-refractivity contribution in [3.8, 4) is 11.5 Å². The molecule has 88 heavy (non-hydrogen) atoms. The molecule has 12 rings (SSSR count). The molecular weight excluding hydrogens is 1150 g/mol. The Morgan fingerprint density at radius 2 is 1.59 bits per heavy atom. The lowest BCUT2D eigenvalue weighted by Crippen LogP contribution is -2.51. The number of carbonyl (C=O) groups is 4. The number of halogens is 1. The van der Waals surface area contributed by atoms with E-state index >= 15 is 0 Å². The Morgan fingerprint density at radius 1 is 0.795 bits per heavy atom. The Balaban J connectivity index is 0.775. The number of anilines is 5. The number of unbranched alkanes of at least 4 members (excludes halogenated alkanes) is 1. The van der Waals surface area contributed by atoms with E-state index in [0.717, 1.165) is 156 Å². The smallest absolute Gasteiger partial charge is 0.336 e. The maximum atomic E-state index is 14.7. The number of carboxylic acid groups (broad SMARTS) is 1. The van der Waals surface area contributed by atoms with Gasteiger partial charge in [-0.15, -0.1) is 0 Å². The van der Waals surface area contributed by atoms with Crippen molar-refractivity contribution >= 4 is 80.3 Å². The minimum atomic E-state index is -1.08. The van der Waals surface area contributed by atoms with Crippen LogP contribution >= 0.6 is 22.9 Å². The van der Waals surface area contributed by atoms with Crippen LogP contribution in [0.15, 0.2) is 77.9 Å². The van der Waals surface area contributed by atoms with E-state index in [1.165, 1.54) is 39.9 Å². The Labute approximate surface area is 522 Å². The van der Waals surface area contributed by atoms with Gasteiger partial charge in [0.15, 0.2) is 5.13 Å². The van der Waals surface area contributed by atoms with Gasteiger partial charge in [-0.2, -0.15) is 0 Å². The molecule has 0 atom stereocenters. The summed E-state index contributed by atoms with van der Waals surface area (Å²) in [4.78, 5) is 84.1. The molecule has 1 fully saturated rings. The summed E-state index contributed by atoms with van der Waals surface area (Å²) in [6, 6.07) is 21.0. The molecule has 0 bridgehead atoms. The van der Waals surface area contributed by atoms with E-state index < -0.39 is 5.97 Å². The zero-order valence-electron chi connectivity index (χ0n) is 51.1. The van der Waals surface area contributed by atoms with E-state index in [1.807, 2.05) is 36.9 Å². The van der Waals surface area contributed by atoms with Gasteiger partial charge in [-0.3, -0.25) is 24.3 Å². The summed E-state index contributed by atoms with van der Waals surface area (Å²) in [6.07, 6.45) is 11.0. The van der Waals surface area contributed by atoms with Crippen molar-refractivity contribution in [3.63, 3.8) is 0 Å². The van der Waals surface area contributed by atoms with E-state index in [4.69, 9.17) is 26.3 Å². The summed E-state index contributed by atoms with van der Waals surface area (Å²) in [5.74, 6) is 1.58. The van der Waals surface area contributed by atoms with Gasteiger partial charge < -0.3 is 40.5 Å². The predicted octanol–water partition coefficient (Wildman–Crippen LogP) is 10.8. The molecule has 456 valence electrons. The molecule has 0 unspecified atom stereocenters. The summed E-state index contributed by atoms with van der Waals surface area (Å²) >= 11 is 7.58. The number of hydrogen-bond donors (Lipinski definition) is 4. The number of para-hydroxylation sites is 1. The second-order valence-electron chi connectivity index (χ2n) is 24.0. The lowest BCUT2D eigenvalue weighted by molar-refractivity contribution is -0.133. The van der Waals surface area contributed by atoms with Gasteiger partial charge in [-0.25, -0.2) is 19.7 Å². The molecule has 7 heterocycles. The molecule has 4 N–H and O–H groups in total. The van der Waals surface area contributed by atoms with Crippen LogP contribution < -0.4 is 41.1 Å². The standard InChI is InChI=1S/C69H76ClN11O6S/c1-7-8-15-46-33-53-60(54-34-47-16-9-10-24-80-25-13-18-51(63(47)80)65(54)87-64(53)50-17-12-22-71-62(46)50)52-35-48(20-21-49(52)68(85)86)66(83)72-23-26-81(38-45-31-41(3)43(5)42(4)32-45)59(82)39-78-27-29-79(30-28-78)58-36-57(74-44(6)75-58)76-69-73-37-56(88-69)67(84)77-61-40(2)14-11-19-55(61)70/h11,14,19-21,31-37H,7-10,12-13,15-18,22-30,38-39H2,1-6H3,(H,72,83)(H,77,84)(H,85,86)(H,73,74,75,76). The van der Waals surface area contributed by atoms with Crippen molar-refractivity contribution < 1.29 is 29.0 Å². The number of aromatic carboxylic acids is 1. The first-order valence-electron chi connectivity index (χ1n) is 31.1. The number of nitrogens with one attached hydrogen (secondary N) is 3. The molecule has 17 nitrogen and oxygen atoms in total. The molecule has 0 spiro atoms. The highest BCUT2D eigenvalue weighted by molar-refractivity contribution is 7.17. The first-order chi connectivity index (χ1) is 42.6. The average Bonchev–Trinajstić information content (AvgIpc) is 0.793. The third-order valence-corrected chi connectivity index (χ3v) is 19.2. The molecule has 5 aliphatic heterocycles. The van der Waals surface area contributed by atoms with Crippen LogP contribution in [0.2, 0.25) is 5.02 Å². The number of aryl methyl sites for hydroxylation is 6. The number of fused-ring (bicyclic) bond motifs is 5. The van der Waals surface area contributed by atoms with Crippen molar-refractivity contribution in [2.75, 3.05) is 85.9 Å². The van der Waals surface area contributed by atoms with Crippen LogP contribution in [-0.4, -0.2) is 119 Å². The summed E-state index contributed by atoms with van der Waals surface area (Å²) in [5.41, 5.74) is 14.4. The van der Waals surface area contributed by atoms with Gasteiger partial charge in [0.05, 0.1) is 34.4 Å². The number of thiazole rings is 1. The highest BCUT2D eigenvalue weighted by Crippen LogP contribution is 2.49. The minimum Gasteiger partial charge on any atom is -0.478 e. The molecule has 0 saturated carbocycles. The Kier molecular flexibility index (Phi) is 17.7. The number of aromatic nitrogens is 3. The van der Waals surface area contributed by atoms with E-state index in [0.29, 0.717) is 76.2 Å². The molecule has 19 heteroatoms. The third kappa shape index (κ3) is 12.5. The van der Waals surface area contributed by atoms with Crippen LogP contribution in [0.1, 0.15) is 143 Å². The first kappa shape index (κ1) is 60.1. The van der Waals surface area contributed by atoms with Crippen molar-refractivity contribution in [1.82, 2.24) is 30.1 Å². The van der Waals surface area contributed by atoms with Crippen molar-refractivity contribution in [2.45, 2.75) is 112 Å². The topological polar surface area (TPSA) is 198 Å². The molecular formula is C69H76ClN11O6S. The molecule has 5 aromatic carbocycles. The molecule has 0 aliphatic carbocycles. The van der Waals surface area contributed by atoms with E-state index in [1.54, 1.807) is 24.3 Å². The number of carbonyl (C=O) groups excluding carboxylic acids is 3. The van der Waals surface area contributed by atoms with Crippen molar-refractivity contribution in [1.29, 1.82) is 0 Å². The quantitative estimate of drug-likeness (QED) is 0.0634.